The zero-order valence-corrected chi connectivity index (χ0v) is 18.2. The summed E-state index contributed by atoms with van der Waals surface area (Å²) in [4.78, 5) is 51.0. The molecule has 32 heavy (non-hydrogen) atoms. The third kappa shape index (κ3) is 4.42. The molecule has 9 nitrogen and oxygen atoms in total. The molecule has 2 N–H and O–H groups in total. The van der Waals surface area contributed by atoms with Gasteiger partial charge in [-0.15, -0.1) is 0 Å². The second-order valence-electron chi connectivity index (χ2n) is 8.65. The first-order valence-corrected chi connectivity index (χ1v) is 11.3. The van der Waals surface area contributed by atoms with Crippen LogP contribution in [-0.2, 0) is 19.1 Å². The van der Waals surface area contributed by atoms with Crippen molar-refractivity contribution in [2.24, 2.45) is 0 Å². The van der Waals surface area contributed by atoms with Crippen molar-refractivity contribution in [3.63, 3.8) is 0 Å². The quantitative estimate of drug-likeness (QED) is 0.515. The highest BCUT2D eigenvalue weighted by Crippen LogP contribution is 2.34. The molecule has 4 amide bonds. The summed E-state index contributed by atoms with van der Waals surface area (Å²) in [5.41, 5.74) is 0.0766. The third-order valence-corrected chi connectivity index (χ3v) is 6.44. The highest BCUT2D eigenvalue weighted by atomic mass is 16.5. The maximum absolute atomic E-state index is 12.8. The monoisotopic (exact) mass is 443 g/mol. The number of para-hydroxylation sites is 1. The van der Waals surface area contributed by atoms with E-state index in [9.17, 15) is 19.2 Å². The number of nitrogens with one attached hydrogen (secondary N) is 2. The molecular formula is C23H29N3O6. The van der Waals surface area contributed by atoms with Crippen LogP contribution in [0.2, 0.25) is 0 Å². The summed E-state index contributed by atoms with van der Waals surface area (Å²) >= 11 is 0. The van der Waals surface area contributed by atoms with Gasteiger partial charge in [0.25, 0.3) is 11.8 Å². The molecule has 2 atom stereocenters. The van der Waals surface area contributed by atoms with Gasteiger partial charge in [-0.3, -0.25) is 19.3 Å². The first-order chi connectivity index (χ1) is 15.4. The molecule has 0 aromatic heterocycles. The fraction of sp³-hybridized carbons (Fsp3) is 0.565. The van der Waals surface area contributed by atoms with Gasteiger partial charge in [0, 0.05) is 18.5 Å². The van der Waals surface area contributed by atoms with E-state index in [-0.39, 0.29) is 24.9 Å². The molecule has 2 fully saturated rings. The van der Waals surface area contributed by atoms with Crippen molar-refractivity contribution in [3.05, 3.63) is 29.8 Å². The average molecular weight is 444 g/mol. The van der Waals surface area contributed by atoms with Crippen LogP contribution in [0.4, 0.5) is 4.79 Å². The lowest BCUT2D eigenvalue weighted by atomic mass is 9.82. The summed E-state index contributed by atoms with van der Waals surface area (Å²) in [5.74, 6) is -0.571. The first-order valence-electron chi connectivity index (χ1n) is 11.3. The number of fused-ring (bicyclic) bond motifs is 1. The summed E-state index contributed by atoms with van der Waals surface area (Å²) in [7, 11) is 0. The van der Waals surface area contributed by atoms with Crippen LogP contribution in [-0.4, -0.2) is 53.5 Å². The van der Waals surface area contributed by atoms with Crippen molar-refractivity contribution >= 4 is 23.8 Å². The summed E-state index contributed by atoms with van der Waals surface area (Å²) < 4.78 is 10.9. The third-order valence-electron chi connectivity index (χ3n) is 6.44. The molecule has 1 aromatic carbocycles. The molecule has 1 spiro atoms. The summed E-state index contributed by atoms with van der Waals surface area (Å²) in [6, 6.07) is 6.82. The number of carbonyl (C=O) groups is 4. The number of rotatable bonds is 6. The van der Waals surface area contributed by atoms with E-state index in [2.05, 4.69) is 10.6 Å². The molecule has 1 aromatic rings. The van der Waals surface area contributed by atoms with Crippen molar-refractivity contribution in [2.75, 3.05) is 13.2 Å². The van der Waals surface area contributed by atoms with Crippen LogP contribution in [0.1, 0.15) is 63.5 Å². The Labute approximate surface area is 186 Å². The molecule has 2 aliphatic heterocycles. The number of hydrogen-bond acceptors (Lipinski definition) is 6. The van der Waals surface area contributed by atoms with E-state index >= 15 is 0 Å². The van der Waals surface area contributed by atoms with Gasteiger partial charge in [-0.2, -0.15) is 0 Å². The standard InChI is InChI=1S/C23H29N3O6/c1-15(20(28)24-17-10-14-31-18-8-4-3-7-16(17)18)32-19(27)9-13-26-21(29)23(25-22(26)30)11-5-2-6-12-23/h3-4,7-8,15,17H,2,5-6,9-14H2,1H3,(H,24,28)(H,25,30). The second-order valence-corrected chi connectivity index (χ2v) is 8.65. The number of hydrogen-bond donors (Lipinski definition) is 2. The molecule has 0 radical (unpaired) electrons. The Hall–Kier alpha value is -3.10. The van der Waals surface area contributed by atoms with E-state index in [0.29, 0.717) is 25.9 Å². The van der Waals surface area contributed by atoms with Crippen LogP contribution < -0.4 is 15.4 Å². The zero-order valence-electron chi connectivity index (χ0n) is 18.2. The minimum atomic E-state index is -0.995. The topological polar surface area (TPSA) is 114 Å². The first kappa shape index (κ1) is 22.1. The van der Waals surface area contributed by atoms with Crippen LogP contribution in [0.3, 0.4) is 0 Å². The van der Waals surface area contributed by atoms with Crippen LogP contribution in [0.15, 0.2) is 24.3 Å². The highest BCUT2D eigenvalue weighted by molar-refractivity contribution is 6.07. The molecule has 1 aliphatic carbocycles. The Kier molecular flexibility index (Phi) is 6.34. The average Bonchev–Trinajstić information content (AvgIpc) is 3.01. The fourth-order valence-electron chi connectivity index (χ4n) is 4.67. The van der Waals surface area contributed by atoms with Crippen LogP contribution >= 0.6 is 0 Å². The number of carbonyl (C=O) groups excluding carboxylic acids is 4. The Morgan fingerprint density at radius 1 is 1.25 bits per heavy atom. The lowest BCUT2D eigenvalue weighted by Crippen LogP contribution is -2.48. The van der Waals surface area contributed by atoms with Gasteiger partial charge >= 0.3 is 12.0 Å². The predicted octanol–water partition coefficient (Wildman–Crippen LogP) is 2.20. The Balaban J connectivity index is 1.27. The van der Waals surface area contributed by atoms with E-state index in [1.54, 1.807) is 0 Å². The molecule has 3 aliphatic rings. The van der Waals surface area contributed by atoms with Crippen molar-refractivity contribution in [2.45, 2.75) is 69.6 Å². The molecule has 2 unspecified atom stereocenters. The van der Waals surface area contributed by atoms with E-state index in [4.69, 9.17) is 9.47 Å². The Morgan fingerprint density at radius 2 is 2.00 bits per heavy atom. The smallest absolute Gasteiger partial charge is 0.325 e. The molecule has 0 bridgehead atoms. The zero-order chi connectivity index (χ0) is 22.7. The lowest BCUT2D eigenvalue weighted by molar-refractivity contribution is -0.155. The number of esters is 1. The van der Waals surface area contributed by atoms with Crippen molar-refractivity contribution in [1.29, 1.82) is 0 Å². The van der Waals surface area contributed by atoms with Gasteiger partial charge in [-0.1, -0.05) is 37.5 Å². The van der Waals surface area contributed by atoms with Gasteiger partial charge in [0.1, 0.15) is 11.3 Å². The number of ether oxygens (including phenoxy) is 2. The molecule has 1 saturated heterocycles. The van der Waals surface area contributed by atoms with Gasteiger partial charge in [0.15, 0.2) is 6.10 Å². The van der Waals surface area contributed by atoms with Gasteiger partial charge in [-0.05, 0) is 25.8 Å². The number of benzene rings is 1. The number of nitrogens with zero attached hydrogens (tertiary/aromatic N) is 1. The fourth-order valence-corrected chi connectivity index (χ4v) is 4.67. The predicted molar refractivity (Wildman–Crippen MR) is 114 cm³/mol. The van der Waals surface area contributed by atoms with E-state index < -0.39 is 29.6 Å². The number of imide groups is 1. The van der Waals surface area contributed by atoms with E-state index in [1.165, 1.54) is 6.92 Å². The SMILES string of the molecule is CC(OC(=O)CCN1C(=O)NC2(CCCCC2)C1=O)C(=O)NC1CCOc2ccccc21. The van der Waals surface area contributed by atoms with Gasteiger partial charge in [-0.25, -0.2) is 4.79 Å². The van der Waals surface area contributed by atoms with Crippen molar-refractivity contribution < 1.29 is 28.7 Å². The van der Waals surface area contributed by atoms with Crippen LogP contribution in [0.5, 0.6) is 5.75 Å². The maximum atomic E-state index is 12.8. The van der Waals surface area contributed by atoms with Gasteiger partial charge < -0.3 is 20.1 Å². The molecular weight excluding hydrogens is 414 g/mol. The number of urea groups is 1. The lowest BCUT2D eigenvalue weighted by Gasteiger charge is -2.30. The molecule has 4 rings (SSSR count). The molecule has 1 saturated carbocycles. The molecule has 172 valence electrons. The van der Waals surface area contributed by atoms with Gasteiger partial charge in [0.05, 0.1) is 19.1 Å². The molecule has 2 heterocycles. The largest absolute Gasteiger partial charge is 0.493 e. The summed E-state index contributed by atoms with van der Waals surface area (Å²) in [5, 5.41) is 5.72. The second kappa shape index (κ2) is 9.18. The van der Waals surface area contributed by atoms with E-state index in [0.717, 1.165) is 35.5 Å². The van der Waals surface area contributed by atoms with Gasteiger partial charge in [0.2, 0.25) is 0 Å². The molecule has 9 heteroatoms. The Morgan fingerprint density at radius 3 is 2.78 bits per heavy atom. The minimum Gasteiger partial charge on any atom is -0.493 e. The highest BCUT2D eigenvalue weighted by Gasteiger charge is 2.51. The number of amides is 4. The van der Waals surface area contributed by atoms with E-state index in [1.807, 2.05) is 24.3 Å². The van der Waals surface area contributed by atoms with Crippen LogP contribution in [0, 0.1) is 0 Å². The van der Waals surface area contributed by atoms with Crippen LogP contribution in [0.25, 0.3) is 0 Å². The summed E-state index contributed by atoms with van der Waals surface area (Å²) in [6.45, 7) is 1.93. The Bertz CT molecular complexity index is 911. The van der Waals surface area contributed by atoms with Crippen molar-refractivity contribution in [3.8, 4) is 5.75 Å². The summed E-state index contributed by atoms with van der Waals surface area (Å²) in [6.07, 6.45) is 3.57. The minimum absolute atomic E-state index is 0.0626. The van der Waals surface area contributed by atoms with Crippen molar-refractivity contribution in [1.82, 2.24) is 15.5 Å². The normalized spacial score (nSPS) is 22.5. The maximum Gasteiger partial charge on any atom is 0.325 e.